The fraction of sp³-hybridized carbons (Fsp3) is 0.960. The van der Waals surface area contributed by atoms with Crippen molar-refractivity contribution in [3.8, 4) is 0 Å². The van der Waals surface area contributed by atoms with Gasteiger partial charge in [-0.25, -0.2) is 21.9 Å². The first-order valence-corrected chi connectivity index (χ1v) is 18.0. The van der Waals surface area contributed by atoms with Crippen LogP contribution in [0.15, 0.2) is 0 Å². The summed E-state index contributed by atoms with van der Waals surface area (Å²) in [5, 5.41) is 74.1. The third-order valence-electron chi connectivity index (χ3n) is 9.43. The summed E-state index contributed by atoms with van der Waals surface area (Å²) in [5.41, 5.74) is 0. The van der Waals surface area contributed by atoms with Crippen LogP contribution in [0.1, 0.15) is 6.42 Å². The molecule has 50 heavy (non-hydrogen) atoms. The summed E-state index contributed by atoms with van der Waals surface area (Å²) in [7, 11) is -11.2. The van der Waals surface area contributed by atoms with Crippen LogP contribution >= 0.6 is 0 Å². The molecule has 0 amide bonds. The van der Waals surface area contributed by atoms with Gasteiger partial charge in [-0.3, -0.25) is 8.37 Å². The second kappa shape index (κ2) is 15.1. The zero-order chi connectivity index (χ0) is 36.3. The Morgan fingerprint density at radius 2 is 1.30 bits per heavy atom. The quantitative estimate of drug-likeness (QED) is 0.0793. The number of fused-ring (bicyclic) bond motifs is 4. The maximum absolute atomic E-state index is 12.4. The van der Waals surface area contributed by atoms with E-state index in [9.17, 15) is 61.7 Å². The maximum atomic E-state index is 12.4. The van der Waals surface area contributed by atoms with Gasteiger partial charge >= 0.3 is 0 Å². The van der Waals surface area contributed by atoms with Crippen molar-refractivity contribution in [2.45, 2.75) is 117 Å². The van der Waals surface area contributed by atoms with E-state index in [1.165, 1.54) is 6.61 Å². The third-order valence-corrected chi connectivity index (χ3v) is 10.3. The molecule has 23 nitrogen and oxygen atoms in total. The molecule has 6 N–H and O–H groups in total. The van der Waals surface area contributed by atoms with Crippen LogP contribution in [-0.2, 0) is 72.2 Å². The lowest BCUT2D eigenvalue weighted by molar-refractivity contribution is -0.353. The predicted molar refractivity (Wildman–Crippen MR) is 144 cm³/mol. The lowest BCUT2D eigenvalue weighted by Crippen LogP contribution is -2.65. The molecule has 4 bridgehead atoms. The molecule has 288 valence electrons. The fourth-order valence-electron chi connectivity index (χ4n) is 7.12. The standard InChI is InChI=1S/C25H38O23S2/c26-2-10-14(29)16(31)17(32)24(43-10)45-19-13-6-41-22(19)23(48-50(36,37)38)25(44-13)46-21-15(30)9(42-11(3-27)20(21)47-49(33,34)35)1-7-12-5-40-18(7)8(28)4-39-12/h4,7-30,32H,1-3,5-6H2,(H,33,34,35)(H,36,37,38)/p-2/t7-,8-,9-,10+,11+,12+,13+,14-,15-,16-,17+,18-,19-,20-,21+,22-,23+,24-,25+/m0/s1. The van der Waals surface area contributed by atoms with Crippen LogP contribution < -0.4 is 0 Å². The maximum Gasteiger partial charge on any atom is 0.218 e. The second-order valence-electron chi connectivity index (χ2n) is 12.5. The molecule has 0 aromatic heterocycles. The lowest BCUT2D eigenvalue weighted by Gasteiger charge is -2.48. The highest BCUT2D eigenvalue weighted by Crippen LogP contribution is 2.42. The van der Waals surface area contributed by atoms with Crippen molar-refractivity contribution < 1.29 is 108 Å². The van der Waals surface area contributed by atoms with Crippen LogP contribution in [0.25, 0.3) is 0 Å². The van der Waals surface area contributed by atoms with Crippen LogP contribution in [-0.4, -0.2) is 193 Å². The summed E-state index contributed by atoms with van der Waals surface area (Å²) >= 11 is 0. The van der Waals surface area contributed by atoms with Crippen molar-refractivity contribution in [1.29, 1.82) is 0 Å². The number of aliphatic hydroxyl groups excluding tert-OH is 6. The van der Waals surface area contributed by atoms with Gasteiger partial charge < -0.3 is 77.6 Å². The van der Waals surface area contributed by atoms with Gasteiger partial charge in [0.25, 0.3) is 0 Å². The van der Waals surface area contributed by atoms with E-state index in [0.717, 1.165) is 0 Å². The zero-order valence-corrected chi connectivity index (χ0v) is 27.2. The van der Waals surface area contributed by atoms with E-state index >= 15 is 0 Å². The number of hydrogen-bond donors (Lipinski definition) is 6. The topological polar surface area (TPSA) is 348 Å². The van der Waals surface area contributed by atoms with Gasteiger partial charge in [0, 0.05) is 5.92 Å². The summed E-state index contributed by atoms with van der Waals surface area (Å²) < 4.78 is 125. The smallest absolute Gasteiger partial charge is 0.218 e. The molecule has 25 heteroatoms. The first kappa shape index (κ1) is 38.9. The molecule has 2 radical (unpaired) electrons. The van der Waals surface area contributed by atoms with Gasteiger partial charge in [0.15, 0.2) is 24.8 Å². The molecule has 6 aliphatic rings. The highest BCUT2D eigenvalue weighted by Gasteiger charge is 2.59. The van der Waals surface area contributed by atoms with E-state index < -0.39 is 157 Å². The van der Waals surface area contributed by atoms with E-state index in [4.69, 9.17) is 37.9 Å². The van der Waals surface area contributed by atoms with E-state index in [1.54, 1.807) is 0 Å². The van der Waals surface area contributed by atoms with Gasteiger partial charge in [-0.15, -0.1) is 0 Å². The molecule has 6 fully saturated rings. The Morgan fingerprint density at radius 1 is 0.680 bits per heavy atom. The Bertz CT molecular complexity index is 1380. The molecule has 6 aliphatic heterocycles. The molecule has 0 aromatic carbocycles. The first-order valence-electron chi connectivity index (χ1n) is 15.4. The Labute approximate surface area is 284 Å². The number of aliphatic hydroxyl groups is 6. The molecule has 0 aliphatic carbocycles. The Hall–Kier alpha value is -0.860. The Morgan fingerprint density at radius 3 is 1.96 bits per heavy atom. The minimum atomic E-state index is -5.63. The van der Waals surface area contributed by atoms with Crippen molar-refractivity contribution in [2.24, 2.45) is 5.92 Å². The lowest BCUT2D eigenvalue weighted by atomic mass is 9.83. The highest BCUT2D eigenvalue weighted by molar-refractivity contribution is 7.81. The SMILES string of the molecule is [O][C@H]1[C@@H](O)[C@@H](CO)O[C@@H](O[C@@H]2[C@@H]3OC[C@H]2O[C@H](O[C@@H]2[C@@H](O)[C@H](C[C@@H]4[C@@H]5OC[C@H]4O[CH][C@@H]5O)O[C@H](CO)[C@@H]2OS(=O)(=O)[O-])[C@@H]3OS(=O)(=O)[O-])[C@@H]1O. The largest absolute Gasteiger partial charge is 0.726 e. The summed E-state index contributed by atoms with van der Waals surface area (Å²) in [4.78, 5) is 0. The summed E-state index contributed by atoms with van der Waals surface area (Å²) in [6.07, 6.45) is -29.6. The number of ether oxygens (including phenoxy) is 8. The van der Waals surface area contributed by atoms with Crippen LogP contribution in [0.3, 0.4) is 0 Å². The van der Waals surface area contributed by atoms with Crippen LogP contribution in [0, 0.1) is 12.5 Å². The average molecular weight is 769 g/mol. The minimum Gasteiger partial charge on any atom is -0.726 e. The normalized spacial score (nSPS) is 49.7. The van der Waals surface area contributed by atoms with E-state index in [-0.39, 0.29) is 13.0 Å². The monoisotopic (exact) mass is 768 g/mol. The summed E-state index contributed by atoms with van der Waals surface area (Å²) in [6.45, 7) is -1.02. The van der Waals surface area contributed by atoms with Crippen LogP contribution in [0.5, 0.6) is 0 Å². The number of hydrogen-bond acceptors (Lipinski definition) is 22. The van der Waals surface area contributed by atoms with Crippen molar-refractivity contribution in [3.05, 3.63) is 6.61 Å². The molecule has 0 aromatic rings. The molecular weight excluding hydrogens is 732 g/mol. The van der Waals surface area contributed by atoms with Crippen molar-refractivity contribution in [3.63, 3.8) is 0 Å². The van der Waals surface area contributed by atoms with E-state index in [2.05, 4.69) is 8.37 Å². The van der Waals surface area contributed by atoms with Gasteiger partial charge in [-0.2, -0.15) is 0 Å². The average Bonchev–Trinajstić information content (AvgIpc) is 3.50. The van der Waals surface area contributed by atoms with Gasteiger partial charge in [-0.05, 0) is 6.42 Å². The van der Waals surface area contributed by atoms with E-state index in [0.29, 0.717) is 0 Å². The summed E-state index contributed by atoms with van der Waals surface area (Å²) in [6, 6.07) is 0. The molecular formula is C25H36O23S2-2. The second-order valence-corrected chi connectivity index (χ2v) is 14.6. The van der Waals surface area contributed by atoms with Crippen molar-refractivity contribution in [2.75, 3.05) is 26.4 Å². The number of rotatable bonds is 12. The predicted octanol–water partition coefficient (Wildman–Crippen LogP) is -6.74. The van der Waals surface area contributed by atoms with Crippen LogP contribution in [0.2, 0.25) is 0 Å². The van der Waals surface area contributed by atoms with Crippen molar-refractivity contribution in [1.82, 2.24) is 0 Å². The zero-order valence-electron chi connectivity index (χ0n) is 25.5. The third kappa shape index (κ3) is 7.98. The Balaban J connectivity index is 1.26. The summed E-state index contributed by atoms with van der Waals surface area (Å²) in [5.74, 6) is -0.609. The van der Waals surface area contributed by atoms with Gasteiger partial charge in [-0.1, -0.05) is 0 Å². The van der Waals surface area contributed by atoms with Gasteiger partial charge in [0.1, 0.15) is 73.8 Å². The van der Waals surface area contributed by atoms with Gasteiger partial charge in [0.2, 0.25) is 20.8 Å². The molecule has 6 saturated heterocycles. The molecule has 0 spiro atoms. The minimum absolute atomic E-state index is 0.0689. The molecule has 0 saturated carbocycles. The molecule has 0 unspecified atom stereocenters. The molecule has 6 heterocycles. The highest BCUT2D eigenvalue weighted by atomic mass is 32.3. The Kier molecular flexibility index (Phi) is 11.7. The van der Waals surface area contributed by atoms with Gasteiger partial charge in [0.05, 0.1) is 44.7 Å². The van der Waals surface area contributed by atoms with Crippen molar-refractivity contribution >= 4 is 20.8 Å². The molecule has 19 atom stereocenters. The first-order chi connectivity index (χ1) is 23.5. The van der Waals surface area contributed by atoms with E-state index in [1.807, 2.05) is 0 Å². The fourth-order valence-corrected chi connectivity index (χ4v) is 8.10. The molecule has 6 rings (SSSR count). The van der Waals surface area contributed by atoms with Crippen LogP contribution in [0.4, 0.5) is 0 Å².